The molecule has 196 valence electrons. The first-order valence-electron chi connectivity index (χ1n) is 12.6. The van der Waals surface area contributed by atoms with Crippen LogP contribution in [0.2, 0.25) is 0 Å². The minimum atomic E-state index is -0.447. The summed E-state index contributed by atoms with van der Waals surface area (Å²) in [7, 11) is 1.91. The Morgan fingerprint density at radius 2 is 1.69 bits per heavy atom. The summed E-state index contributed by atoms with van der Waals surface area (Å²) in [4.78, 5) is 40.0. The molecule has 9 heteroatoms. The summed E-state index contributed by atoms with van der Waals surface area (Å²) in [5, 5.41) is 2.15. The van der Waals surface area contributed by atoms with E-state index in [1.54, 1.807) is 4.90 Å². The van der Waals surface area contributed by atoms with E-state index < -0.39 is 5.60 Å². The van der Waals surface area contributed by atoms with E-state index in [2.05, 4.69) is 10.2 Å². The van der Waals surface area contributed by atoms with Gasteiger partial charge < -0.3 is 19.3 Å². The lowest BCUT2D eigenvalue weighted by atomic mass is 10.2. The fraction of sp³-hybridized carbons (Fsp3) is 0.654. The van der Waals surface area contributed by atoms with E-state index in [4.69, 9.17) is 9.47 Å². The van der Waals surface area contributed by atoms with Crippen molar-refractivity contribution in [2.24, 2.45) is 0 Å². The SMILES string of the molecule is CN(CCC(=O)NC=O)c1ccc(OCCCCCCN2CCN(C(=O)OC(C)(C)C)CC2)cc1. The van der Waals surface area contributed by atoms with Crippen molar-refractivity contribution in [1.82, 2.24) is 15.1 Å². The van der Waals surface area contributed by atoms with Gasteiger partial charge >= 0.3 is 6.09 Å². The molecular weight excluding hydrogens is 448 g/mol. The van der Waals surface area contributed by atoms with Crippen molar-refractivity contribution in [3.8, 4) is 5.75 Å². The predicted octanol–water partition coefficient (Wildman–Crippen LogP) is 3.28. The molecule has 0 spiro atoms. The minimum Gasteiger partial charge on any atom is -0.494 e. The highest BCUT2D eigenvalue weighted by atomic mass is 16.6. The van der Waals surface area contributed by atoms with E-state index in [1.165, 1.54) is 0 Å². The summed E-state index contributed by atoms with van der Waals surface area (Å²) in [5.41, 5.74) is 0.542. The Labute approximate surface area is 209 Å². The van der Waals surface area contributed by atoms with Gasteiger partial charge in [-0.2, -0.15) is 0 Å². The van der Waals surface area contributed by atoms with Gasteiger partial charge in [0.25, 0.3) is 0 Å². The number of rotatable bonds is 13. The summed E-state index contributed by atoms with van der Waals surface area (Å²) in [6.45, 7) is 11.2. The van der Waals surface area contributed by atoms with Crippen LogP contribution >= 0.6 is 0 Å². The van der Waals surface area contributed by atoms with Crippen molar-refractivity contribution >= 4 is 24.1 Å². The third-order valence-electron chi connectivity index (χ3n) is 5.83. The molecule has 0 atom stereocenters. The minimum absolute atomic E-state index is 0.209. The van der Waals surface area contributed by atoms with E-state index in [9.17, 15) is 14.4 Å². The first-order chi connectivity index (χ1) is 16.7. The number of amides is 3. The zero-order valence-electron chi connectivity index (χ0n) is 21.8. The summed E-state index contributed by atoms with van der Waals surface area (Å²) in [6.07, 6.45) is 4.91. The van der Waals surface area contributed by atoms with E-state index >= 15 is 0 Å². The van der Waals surface area contributed by atoms with Crippen LogP contribution in [0.25, 0.3) is 0 Å². The molecule has 0 unspecified atom stereocenters. The van der Waals surface area contributed by atoms with Crippen LogP contribution < -0.4 is 15.0 Å². The number of imide groups is 1. The lowest BCUT2D eigenvalue weighted by Crippen LogP contribution is -2.50. The van der Waals surface area contributed by atoms with E-state index in [0.29, 0.717) is 19.6 Å². The summed E-state index contributed by atoms with van der Waals surface area (Å²) >= 11 is 0. The van der Waals surface area contributed by atoms with Crippen LogP contribution in [-0.2, 0) is 14.3 Å². The number of piperazine rings is 1. The Morgan fingerprint density at radius 1 is 1.03 bits per heavy atom. The summed E-state index contributed by atoms with van der Waals surface area (Å²) in [6, 6.07) is 7.81. The summed E-state index contributed by atoms with van der Waals surface area (Å²) in [5.74, 6) is 0.552. The lowest BCUT2D eigenvalue weighted by molar-refractivity contribution is -0.125. The van der Waals surface area contributed by atoms with Gasteiger partial charge in [-0.3, -0.25) is 19.8 Å². The first-order valence-corrected chi connectivity index (χ1v) is 12.6. The lowest BCUT2D eigenvalue weighted by Gasteiger charge is -2.35. The first kappa shape index (κ1) is 28.4. The number of hydrogen-bond acceptors (Lipinski definition) is 7. The number of unbranched alkanes of at least 4 members (excludes halogenated alkanes) is 3. The molecule has 3 amide bonds. The Morgan fingerprint density at radius 3 is 2.31 bits per heavy atom. The smallest absolute Gasteiger partial charge is 0.410 e. The van der Waals surface area contributed by atoms with Crippen molar-refractivity contribution in [1.29, 1.82) is 0 Å². The molecule has 0 bridgehead atoms. The number of hydrogen-bond donors (Lipinski definition) is 1. The molecule has 0 aliphatic carbocycles. The van der Waals surface area contributed by atoms with Crippen LogP contribution in [0.3, 0.4) is 0 Å². The average Bonchev–Trinajstić information content (AvgIpc) is 2.82. The number of nitrogens with zero attached hydrogens (tertiary/aromatic N) is 3. The van der Waals surface area contributed by atoms with Crippen molar-refractivity contribution in [2.75, 3.05) is 57.8 Å². The highest BCUT2D eigenvalue weighted by Gasteiger charge is 2.25. The fourth-order valence-electron chi connectivity index (χ4n) is 3.79. The Kier molecular flexibility index (Phi) is 11.8. The molecule has 0 aromatic heterocycles. The van der Waals surface area contributed by atoms with Crippen LogP contribution in [0.15, 0.2) is 24.3 Å². The molecular formula is C26H42N4O5. The average molecular weight is 491 g/mol. The number of ether oxygens (including phenoxy) is 2. The third kappa shape index (κ3) is 11.4. The monoisotopic (exact) mass is 490 g/mol. The zero-order chi connectivity index (χ0) is 25.7. The Balaban J connectivity index is 1.52. The molecule has 0 radical (unpaired) electrons. The van der Waals surface area contributed by atoms with Crippen LogP contribution in [0.4, 0.5) is 10.5 Å². The number of carbonyl (C=O) groups excluding carboxylic acids is 3. The molecule has 1 fully saturated rings. The van der Waals surface area contributed by atoms with Crippen molar-refractivity contribution in [3.63, 3.8) is 0 Å². The molecule has 1 aliphatic rings. The second-order valence-corrected chi connectivity index (χ2v) is 9.92. The van der Waals surface area contributed by atoms with E-state index in [1.807, 2.05) is 57.0 Å². The van der Waals surface area contributed by atoms with Gasteiger partial charge in [0.1, 0.15) is 11.4 Å². The number of anilines is 1. The van der Waals surface area contributed by atoms with Crippen LogP contribution in [0.5, 0.6) is 5.75 Å². The molecule has 35 heavy (non-hydrogen) atoms. The summed E-state index contributed by atoms with van der Waals surface area (Å²) < 4.78 is 11.3. The Bertz CT molecular complexity index is 786. The third-order valence-corrected chi connectivity index (χ3v) is 5.83. The van der Waals surface area contributed by atoms with Gasteiger partial charge in [-0.1, -0.05) is 12.8 Å². The molecule has 1 heterocycles. The Hall–Kier alpha value is -2.81. The highest BCUT2D eigenvalue weighted by Crippen LogP contribution is 2.19. The normalized spacial score (nSPS) is 14.3. The highest BCUT2D eigenvalue weighted by molar-refractivity contribution is 5.86. The topological polar surface area (TPSA) is 91.4 Å². The molecule has 9 nitrogen and oxygen atoms in total. The van der Waals surface area contributed by atoms with E-state index in [0.717, 1.165) is 69.8 Å². The van der Waals surface area contributed by atoms with Crippen molar-refractivity contribution < 1.29 is 23.9 Å². The molecule has 1 aliphatic heterocycles. The maximum absolute atomic E-state index is 12.1. The van der Waals surface area contributed by atoms with Crippen molar-refractivity contribution in [2.45, 2.75) is 58.5 Å². The van der Waals surface area contributed by atoms with Gasteiger partial charge in [0.05, 0.1) is 6.61 Å². The molecule has 1 N–H and O–H groups in total. The molecule has 2 rings (SSSR count). The number of benzene rings is 1. The van der Waals surface area contributed by atoms with Crippen molar-refractivity contribution in [3.05, 3.63) is 24.3 Å². The van der Waals surface area contributed by atoms with E-state index in [-0.39, 0.29) is 18.4 Å². The quantitative estimate of drug-likeness (QED) is 0.335. The van der Waals surface area contributed by atoms with Crippen LogP contribution in [-0.4, -0.2) is 86.7 Å². The zero-order valence-corrected chi connectivity index (χ0v) is 21.8. The number of carbonyl (C=O) groups is 3. The van der Waals surface area contributed by atoms with Gasteiger partial charge in [-0.15, -0.1) is 0 Å². The van der Waals surface area contributed by atoms with Crippen LogP contribution in [0, 0.1) is 0 Å². The molecule has 0 saturated carbocycles. The second-order valence-electron chi connectivity index (χ2n) is 9.92. The molecule has 1 aromatic carbocycles. The van der Waals surface area contributed by atoms with Crippen LogP contribution in [0.1, 0.15) is 52.9 Å². The maximum Gasteiger partial charge on any atom is 0.410 e. The number of nitrogens with one attached hydrogen (secondary N) is 1. The van der Waals surface area contributed by atoms with Gasteiger partial charge in [-0.25, -0.2) is 4.79 Å². The predicted molar refractivity (Wildman–Crippen MR) is 137 cm³/mol. The van der Waals surface area contributed by atoms with Gasteiger partial charge in [0.15, 0.2) is 0 Å². The molecule has 1 aromatic rings. The second kappa shape index (κ2) is 14.6. The molecule has 1 saturated heterocycles. The van der Waals surface area contributed by atoms with Gasteiger partial charge in [-0.05, 0) is 64.4 Å². The van der Waals surface area contributed by atoms with Gasteiger partial charge in [0, 0.05) is 51.9 Å². The fourth-order valence-corrected chi connectivity index (χ4v) is 3.79. The maximum atomic E-state index is 12.1. The standard InChI is InChI=1S/C26H42N4O5/c1-26(2,3)35-25(33)30-18-16-29(17-19-30)14-7-5-6-8-20-34-23-11-9-22(10-12-23)28(4)15-13-24(32)27-21-31/h9-12,21H,5-8,13-20H2,1-4H3,(H,27,31,32). The largest absolute Gasteiger partial charge is 0.494 e. The van der Waals surface area contributed by atoms with Gasteiger partial charge in [0.2, 0.25) is 12.3 Å².